The molecule has 0 aliphatic rings. The average Bonchev–Trinajstić information content (AvgIpc) is 2.87. The molecule has 6 nitrogen and oxygen atoms in total. The van der Waals surface area contributed by atoms with E-state index >= 15 is 0 Å². The minimum absolute atomic E-state index is 0.554. The van der Waals surface area contributed by atoms with Gasteiger partial charge in [-0.1, -0.05) is 0 Å². The number of ether oxygens (including phenoxy) is 2. The highest BCUT2D eigenvalue weighted by molar-refractivity contribution is 5.69. The molecule has 2 aromatic rings. The molecule has 0 saturated heterocycles. The number of methoxy groups -OCH3 is 2. The number of benzene rings is 1. The maximum Gasteiger partial charge on any atom is 0.432 e. The number of aromatic nitrogens is 2. The van der Waals surface area contributed by atoms with Gasteiger partial charge in [-0.2, -0.15) is 9.78 Å². The fourth-order valence-corrected chi connectivity index (χ4v) is 1.58. The predicted molar refractivity (Wildman–Crippen MR) is 64.2 cm³/mol. The van der Waals surface area contributed by atoms with E-state index in [2.05, 4.69) is 5.10 Å². The van der Waals surface area contributed by atoms with Crippen molar-refractivity contribution >= 4 is 6.09 Å². The van der Waals surface area contributed by atoms with Crippen LogP contribution in [0.1, 0.15) is 0 Å². The molecule has 0 radical (unpaired) electrons. The van der Waals surface area contributed by atoms with Crippen molar-refractivity contribution in [3.63, 3.8) is 0 Å². The van der Waals surface area contributed by atoms with Crippen LogP contribution in [-0.4, -0.2) is 35.2 Å². The molecule has 1 aromatic heterocycles. The maximum atomic E-state index is 10.7. The van der Waals surface area contributed by atoms with Gasteiger partial charge in [0.2, 0.25) is 0 Å². The van der Waals surface area contributed by atoms with E-state index in [1.807, 2.05) is 0 Å². The van der Waals surface area contributed by atoms with Crippen LogP contribution in [0.2, 0.25) is 0 Å². The van der Waals surface area contributed by atoms with E-state index in [-0.39, 0.29) is 0 Å². The Morgan fingerprint density at radius 3 is 2.50 bits per heavy atom. The first-order valence-corrected chi connectivity index (χ1v) is 5.17. The lowest BCUT2D eigenvalue weighted by molar-refractivity contribution is 0.192. The highest BCUT2D eigenvalue weighted by Gasteiger charge is 2.10. The van der Waals surface area contributed by atoms with Crippen LogP contribution in [0.25, 0.3) is 11.3 Å². The zero-order valence-corrected chi connectivity index (χ0v) is 9.95. The molecule has 0 aliphatic heterocycles. The normalized spacial score (nSPS) is 10.1. The predicted octanol–water partition coefficient (Wildman–Crippen LogP) is 2.09. The van der Waals surface area contributed by atoms with Crippen LogP contribution in [0.4, 0.5) is 4.79 Å². The van der Waals surface area contributed by atoms with Crippen molar-refractivity contribution in [2.75, 3.05) is 14.2 Å². The maximum absolute atomic E-state index is 10.7. The molecule has 0 fully saturated rings. The molecular weight excluding hydrogens is 236 g/mol. The quantitative estimate of drug-likeness (QED) is 0.900. The van der Waals surface area contributed by atoms with E-state index < -0.39 is 6.09 Å². The van der Waals surface area contributed by atoms with Crippen LogP contribution in [0, 0.1) is 0 Å². The van der Waals surface area contributed by atoms with Crippen LogP contribution in [0.5, 0.6) is 11.5 Å². The van der Waals surface area contributed by atoms with Crippen molar-refractivity contribution in [1.29, 1.82) is 0 Å². The third-order valence-corrected chi connectivity index (χ3v) is 2.46. The number of hydrogen-bond acceptors (Lipinski definition) is 4. The summed E-state index contributed by atoms with van der Waals surface area (Å²) < 4.78 is 11.2. The van der Waals surface area contributed by atoms with E-state index in [4.69, 9.17) is 14.6 Å². The van der Waals surface area contributed by atoms with Crippen molar-refractivity contribution in [2.45, 2.75) is 0 Å². The second kappa shape index (κ2) is 4.79. The van der Waals surface area contributed by atoms with Crippen molar-refractivity contribution in [1.82, 2.24) is 9.78 Å². The highest BCUT2D eigenvalue weighted by atomic mass is 16.5. The molecule has 0 amide bonds. The monoisotopic (exact) mass is 248 g/mol. The van der Waals surface area contributed by atoms with Crippen molar-refractivity contribution in [2.24, 2.45) is 0 Å². The summed E-state index contributed by atoms with van der Waals surface area (Å²) in [7, 11) is 3.09. The van der Waals surface area contributed by atoms with Gasteiger partial charge in [0.05, 0.1) is 19.9 Å². The Kier molecular flexibility index (Phi) is 3.18. The summed E-state index contributed by atoms with van der Waals surface area (Å²) >= 11 is 0. The molecular formula is C12H12N2O4. The first-order chi connectivity index (χ1) is 8.65. The Hall–Kier alpha value is -2.50. The van der Waals surface area contributed by atoms with E-state index in [0.717, 1.165) is 10.2 Å². The molecule has 1 N–H and O–H groups in total. The Morgan fingerprint density at radius 1 is 1.22 bits per heavy atom. The lowest BCUT2D eigenvalue weighted by atomic mass is 10.1. The van der Waals surface area contributed by atoms with Gasteiger partial charge in [0, 0.05) is 11.8 Å². The zero-order chi connectivity index (χ0) is 13.1. The van der Waals surface area contributed by atoms with Crippen molar-refractivity contribution < 1.29 is 19.4 Å². The SMILES string of the molecule is COc1ccc(-c2ccn(C(=O)O)n2)cc1OC. The highest BCUT2D eigenvalue weighted by Crippen LogP contribution is 2.31. The summed E-state index contributed by atoms with van der Waals surface area (Å²) in [5, 5.41) is 12.7. The average molecular weight is 248 g/mol. The summed E-state index contributed by atoms with van der Waals surface area (Å²) in [5.41, 5.74) is 1.31. The van der Waals surface area contributed by atoms with E-state index in [0.29, 0.717) is 17.2 Å². The molecule has 2 rings (SSSR count). The smallest absolute Gasteiger partial charge is 0.432 e. The van der Waals surface area contributed by atoms with Gasteiger partial charge < -0.3 is 14.6 Å². The van der Waals surface area contributed by atoms with Gasteiger partial charge in [-0.15, -0.1) is 0 Å². The van der Waals surface area contributed by atoms with Gasteiger partial charge in [0.25, 0.3) is 0 Å². The minimum atomic E-state index is -1.12. The molecule has 0 unspecified atom stereocenters. The van der Waals surface area contributed by atoms with Gasteiger partial charge >= 0.3 is 6.09 Å². The Morgan fingerprint density at radius 2 is 1.94 bits per heavy atom. The van der Waals surface area contributed by atoms with Gasteiger partial charge in [-0.3, -0.25) is 0 Å². The van der Waals surface area contributed by atoms with Crippen molar-refractivity contribution in [3.8, 4) is 22.8 Å². The number of rotatable bonds is 3. The molecule has 0 bridgehead atoms. The largest absolute Gasteiger partial charge is 0.493 e. The number of nitrogens with zero attached hydrogens (tertiary/aromatic N) is 2. The van der Waals surface area contributed by atoms with E-state index in [1.165, 1.54) is 13.3 Å². The van der Waals surface area contributed by atoms with Crippen molar-refractivity contribution in [3.05, 3.63) is 30.5 Å². The van der Waals surface area contributed by atoms with Gasteiger partial charge in [0.15, 0.2) is 11.5 Å². The first-order valence-electron chi connectivity index (χ1n) is 5.17. The lowest BCUT2D eigenvalue weighted by Crippen LogP contribution is -2.07. The first kappa shape index (κ1) is 12.0. The second-order valence-corrected chi connectivity index (χ2v) is 3.50. The van der Waals surface area contributed by atoms with Crippen LogP contribution in [-0.2, 0) is 0 Å². The lowest BCUT2D eigenvalue weighted by Gasteiger charge is -2.08. The van der Waals surface area contributed by atoms with Crippen LogP contribution in [0.15, 0.2) is 30.5 Å². The fraction of sp³-hybridized carbons (Fsp3) is 0.167. The molecule has 0 aliphatic carbocycles. The van der Waals surface area contributed by atoms with Gasteiger partial charge in [0.1, 0.15) is 0 Å². The molecule has 0 saturated carbocycles. The summed E-state index contributed by atoms with van der Waals surface area (Å²) in [5.74, 6) is 1.18. The third kappa shape index (κ3) is 2.13. The number of hydrogen-bond donors (Lipinski definition) is 1. The van der Waals surface area contributed by atoms with Gasteiger partial charge in [-0.05, 0) is 24.3 Å². The molecule has 0 spiro atoms. The van der Waals surface area contributed by atoms with Crippen LogP contribution >= 0.6 is 0 Å². The molecule has 6 heteroatoms. The number of carboxylic acid groups (broad SMARTS) is 1. The number of carbonyl (C=O) groups is 1. The Balaban J connectivity index is 2.41. The molecule has 0 atom stereocenters. The topological polar surface area (TPSA) is 73.6 Å². The van der Waals surface area contributed by atoms with E-state index in [1.54, 1.807) is 31.4 Å². The van der Waals surface area contributed by atoms with E-state index in [9.17, 15) is 4.79 Å². The molecule has 1 heterocycles. The van der Waals surface area contributed by atoms with Crippen LogP contribution in [0.3, 0.4) is 0 Å². The molecule has 1 aromatic carbocycles. The second-order valence-electron chi connectivity index (χ2n) is 3.50. The van der Waals surface area contributed by atoms with Gasteiger partial charge in [-0.25, -0.2) is 4.79 Å². The zero-order valence-electron chi connectivity index (χ0n) is 9.95. The fourth-order valence-electron chi connectivity index (χ4n) is 1.58. The Labute approximate surface area is 103 Å². The third-order valence-electron chi connectivity index (χ3n) is 2.46. The standard InChI is InChI=1S/C12H12N2O4/c1-17-10-4-3-8(7-11(10)18-2)9-5-6-14(13-9)12(15)16/h3-7H,1-2H3,(H,15,16). The molecule has 94 valence electrons. The van der Waals surface area contributed by atoms with Crippen LogP contribution < -0.4 is 9.47 Å². The minimum Gasteiger partial charge on any atom is -0.493 e. The summed E-state index contributed by atoms with van der Waals surface area (Å²) in [6.45, 7) is 0. The summed E-state index contributed by atoms with van der Waals surface area (Å²) in [6, 6.07) is 6.90. The summed E-state index contributed by atoms with van der Waals surface area (Å²) in [6.07, 6.45) is 0.260. The Bertz CT molecular complexity index is 577. The molecule has 18 heavy (non-hydrogen) atoms. The summed E-state index contributed by atoms with van der Waals surface area (Å²) in [4.78, 5) is 10.7.